The highest BCUT2D eigenvalue weighted by Crippen LogP contribution is 2.28. The number of carbonyl (C=O) groups is 2. The monoisotopic (exact) mass is 379 g/mol. The van der Waals surface area contributed by atoms with Crippen LogP contribution in [0.3, 0.4) is 0 Å². The lowest BCUT2D eigenvalue weighted by Crippen LogP contribution is -2.42. The SMILES string of the molecule is O=C1NC=C(C(=O)c2ccc(N3CCOCC3)cc2)C(c2ccc(O)cc2)N1. The van der Waals surface area contributed by atoms with Crippen LogP contribution in [-0.2, 0) is 4.74 Å². The van der Waals surface area contributed by atoms with Gasteiger partial charge in [-0.25, -0.2) is 4.79 Å². The number of morpholine rings is 1. The molecule has 2 aliphatic rings. The molecule has 4 rings (SSSR count). The summed E-state index contributed by atoms with van der Waals surface area (Å²) in [6, 6.07) is 13.0. The van der Waals surface area contributed by atoms with E-state index in [0.717, 1.165) is 24.3 Å². The van der Waals surface area contributed by atoms with Gasteiger partial charge in [0.25, 0.3) is 0 Å². The first kappa shape index (κ1) is 18.1. The zero-order chi connectivity index (χ0) is 19.5. The molecule has 2 aromatic rings. The quantitative estimate of drug-likeness (QED) is 0.710. The van der Waals surface area contributed by atoms with Gasteiger partial charge in [-0.1, -0.05) is 12.1 Å². The molecule has 0 spiro atoms. The van der Waals surface area contributed by atoms with Crippen LogP contribution in [0.2, 0.25) is 0 Å². The zero-order valence-electron chi connectivity index (χ0n) is 15.2. The number of hydrogen-bond acceptors (Lipinski definition) is 5. The van der Waals surface area contributed by atoms with Crippen molar-refractivity contribution in [3.8, 4) is 5.75 Å². The van der Waals surface area contributed by atoms with Crippen LogP contribution in [0, 0.1) is 0 Å². The van der Waals surface area contributed by atoms with Crippen LogP contribution >= 0.6 is 0 Å². The molecule has 0 radical (unpaired) electrons. The molecule has 7 heteroatoms. The molecule has 2 aromatic carbocycles. The van der Waals surface area contributed by atoms with Crippen molar-refractivity contribution in [3.05, 3.63) is 71.4 Å². The van der Waals surface area contributed by atoms with Crippen LogP contribution in [-0.4, -0.2) is 43.2 Å². The summed E-state index contributed by atoms with van der Waals surface area (Å²) in [4.78, 5) is 27.1. The summed E-state index contributed by atoms with van der Waals surface area (Å²) in [6.07, 6.45) is 1.45. The normalized spacial score (nSPS) is 19.4. The lowest BCUT2D eigenvalue weighted by atomic mass is 9.92. The van der Waals surface area contributed by atoms with Crippen LogP contribution in [0.4, 0.5) is 10.5 Å². The fraction of sp³-hybridized carbons (Fsp3) is 0.238. The van der Waals surface area contributed by atoms with Gasteiger partial charge >= 0.3 is 6.03 Å². The number of Topliss-reactive ketones (excluding diaryl/α,β-unsaturated/α-hetero) is 1. The van der Waals surface area contributed by atoms with E-state index in [9.17, 15) is 14.7 Å². The number of hydrogen-bond donors (Lipinski definition) is 3. The standard InChI is InChI=1S/C21H21N3O4/c25-17-7-3-14(4-8-17)19-18(13-22-21(27)23-19)20(26)15-1-5-16(6-2-15)24-9-11-28-12-10-24/h1-8,13,19,25H,9-12H2,(H2,22,23,27). The van der Waals surface area contributed by atoms with Gasteiger partial charge in [0.2, 0.25) is 0 Å². The molecule has 1 atom stereocenters. The van der Waals surface area contributed by atoms with Crippen molar-refractivity contribution in [2.45, 2.75) is 6.04 Å². The molecule has 0 saturated carbocycles. The highest BCUT2D eigenvalue weighted by molar-refractivity contribution is 6.10. The number of aromatic hydroxyl groups is 1. The smallest absolute Gasteiger partial charge is 0.319 e. The highest BCUT2D eigenvalue weighted by atomic mass is 16.5. The van der Waals surface area contributed by atoms with Gasteiger partial charge in [0.05, 0.1) is 19.3 Å². The minimum Gasteiger partial charge on any atom is -0.508 e. The Hall–Kier alpha value is -3.32. The Morgan fingerprint density at radius 3 is 2.39 bits per heavy atom. The number of nitrogens with zero attached hydrogens (tertiary/aromatic N) is 1. The average Bonchev–Trinajstić information content (AvgIpc) is 2.74. The van der Waals surface area contributed by atoms with Gasteiger partial charge in [-0.05, 0) is 42.0 Å². The molecule has 28 heavy (non-hydrogen) atoms. The number of rotatable bonds is 4. The molecule has 2 aliphatic heterocycles. The number of phenolic OH excluding ortho intramolecular Hbond substituents is 1. The molecule has 1 fully saturated rings. The lowest BCUT2D eigenvalue weighted by Gasteiger charge is -2.29. The van der Waals surface area contributed by atoms with E-state index in [1.807, 2.05) is 12.1 Å². The number of amides is 2. The Morgan fingerprint density at radius 1 is 1.04 bits per heavy atom. The lowest BCUT2D eigenvalue weighted by molar-refractivity contribution is 0.102. The summed E-state index contributed by atoms with van der Waals surface area (Å²) >= 11 is 0. The predicted molar refractivity (Wildman–Crippen MR) is 104 cm³/mol. The summed E-state index contributed by atoms with van der Waals surface area (Å²) in [5.74, 6) is -0.0429. The number of urea groups is 1. The van der Waals surface area contributed by atoms with Crippen molar-refractivity contribution in [1.29, 1.82) is 0 Å². The second kappa shape index (κ2) is 7.74. The van der Waals surface area contributed by atoms with Gasteiger partial charge in [-0.2, -0.15) is 0 Å². The van der Waals surface area contributed by atoms with Crippen LogP contribution < -0.4 is 15.5 Å². The van der Waals surface area contributed by atoms with Crippen LogP contribution in [0.5, 0.6) is 5.75 Å². The highest BCUT2D eigenvalue weighted by Gasteiger charge is 2.28. The summed E-state index contributed by atoms with van der Waals surface area (Å²) in [6.45, 7) is 3.06. The van der Waals surface area contributed by atoms with Gasteiger partial charge in [-0.3, -0.25) is 4.79 Å². The maximum absolute atomic E-state index is 13.1. The van der Waals surface area contributed by atoms with Crippen LogP contribution in [0.25, 0.3) is 0 Å². The second-order valence-corrected chi connectivity index (χ2v) is 6.72. The number of carbonyl (C=O) groups excluding carboxylic acids is 2. The molecule has 144 valence electrons. The molecular formula is C21H21N3O4. The third-order valence-corrected chi connectivity index (χ3v) is 4.94. The fourth-order valence-corrected chi connectivity index (χ4v) is 3.42. The predicted octanol–water partition coefficient (Wildman–Crippen LogP) is 2.35. The van der Waals surface area contributed by atoms with Crippen LogP contribution in [0.1, 0.15) is 22.0 Å². The largest absolute Gasteiger partial charge is 0.508 e. The Bertz CT molecular complexity index is 900. The maximum Gasteiger partial charge on any atom is 0.319 e. The molecule has 7 nitrogen and oxygen atoms in total. The Labute approximate surface area is 162 Å². The molecule has 0 bridgehead atoms. The van der Waals surface area contributed by atoms with E-state index in [4.69, 9.17) is 4.74 Å². The van der Waals surface area contributed by atoms with E-state index in [1.165, 1.54) is 18.3 Å². The van der Waals surface area contributed by atoms with Crippen molar-refractivity contribution < 1.29 is 19.4 Å². The average molecular weight is 379 g/mol. The Morgan fingerprint density at radius 2 is 1.71 bits per heavy atom. The van der Waals surface area contributed by atoms with Crippen molar-refractivity contribution in [2.75, 3.05) is 31.2 Å². The molecule has 1 saturated heterocycles. The van der Waals surface area contributed by atoms with E-state index >= 15 is 0 Å². The molecule has 2 amide bonds. The van der Waals surface area contributed by atoms with Crippen molar-refractivity contribution in [2.24, 2.45) is 0 Å². The van der Waals surface area contributed by atoms with E-state index in [-0.39, 0.29) is 17.6 Å². The van der Waals surface area contributed by atoms with E-state index in [2.05, 4.69) is 15.5 Å². The number of benzene rings is 2. The summed E-state index contributed by atoms with van der Waals surface area (Å²) in [5, 5.41) is 14.8. The van der Waals surface area contributed by atoms with Crippen molar-refractivity contribution in [3.63, 3.8) is 0 Å². The molecular weight excluding hydrogens is 358 g/mol. The fourth-order valence-electron chi connectivity index (χ4n) is 3.42. The van der Waals surface area contributed by atoms with E-state index in [1.54, 1.807) is 24.3 Å². The van der Waals surface area contributed by atoms with Gasteiger partial charge in [0.1, 0.15) is 5.75 Å². The van der Waals surface area contributed by atoms with Gasteiger partial charge in [-0.15, -0.1) is 0 Å². The van der Waals surface area contributed by atoms with Gasteiger partial charge in [0, 0.05) is 36.1 Å². The first-order valence-electron chi connectivity index (χ1n) is 9.15. The Balaban J connectivity index is 1.58. The number of nitrogens with one attached hydrogen (secondary N) is 2. The first-order chi connectivity index (χ1) is 13.6. The number of ether oxygens (including phenoxy) is 1. The molecule has 0 aromatic heterocycles. The minimum atomic E-state index is -0.583. The Kier molecular flexibility index (Phi) is 4.99. The molecule has 3 N–H and O–H groups in total. The summed E-state index contributed by atoms with van der Waals surface area (Å²) in [5.41, 5.74) is 2.76. The molecule has 1 unspecified atom stereocenters. The van der Waals surface area contributed by atoms with Crippen molar-refractivity contribution in [1.82, 2.24) is 10.6 Å². The molecule has 0 aliphatic carbocycles. The number of phenols is 1. The van der Waals surface area contributed by atoms with Crippen molar-refractivity contribution >= 4 is 17.5 Å². The first-order valence-corrected chi connectivity index (χ1v) is 9.15. The summed E-state index contributed by atoms with van der Waals surface area (Å²) < 4.78 is 5.37. The topological polar surface area (TPSA) is 90.9 Å². The number of ketones is 1. The summed E-state index contributed by atoms with van der Waals surface area (Å²) in [7, 11) is 0. The minimum absolute atomic E-state index is 0.125. The third kappa shape index (κ3) is 3.70. The third-order valence-electron chi connectivity index (χ3n) is 4.94. The van der Waals surface area contributed by atoms with E-state index in [0.29, 0.717) is 24.4 Å². The second-order valence-electron chi connectivity index (χ2n) is 6.72. The van der Waals surface area contributed by atoms with E-state index < -0.39 is 6.04 Å². The van der Waals surface area contributed by atoms with Gasteiger partial charge < -0.3 is 25.4 Å². The van der Waals surface area contributed by atoms with Gasteiger partial charge in [0.15, 0.2) is 5.78 Å². The number of anilines is 1. The molecule has 2 heterocycles. The maximum atomic E-state index is 13.1. The van der Waals surface area contributed by atoms with Crippen LogP contribution in [0.15, 0.2) is 60.3 Å². The zero-order valence-corrected chi connectivity index (χ0v) is 15.2.